The van der Waals surface area contributed by atoms with Gasteiger partial charge in [-0.25, -0.2) is 4.98 Å². The van der Waals surface area contributed by atoms with E-state index in [0.717, 1.165) is 22.0 Å². The van der Waals surface area contributed by atoms with Crippen LogP contribution in [0, 0.1) is 0 Å². The van der Waals surface area contributed by atoms with E-state index in [1.807, 2.05) is 53.9 Å². The Morgan fingerprint density at radius 2 is 1.88 bits per heavy atom. The molecule has 0 aliphatic carbocycles. The summed E-state index contributed by atoms with van der Waals surface area (Å²) in [6, 6.07) is 17.2. The van der Waals surface area contributed by atoms with Gasteiger partial charge < -0.3 is 10.2 Å². The summed E-state index contributed by atoms with van der Waals surface area (Å²) in [6.45, 7) is 0.0333. The van der Waals surface area contributed by atoms with Crippen LogP contribution in [-0.2, 0) is 16.0 Å². The molecule has 3 aromatic rings. The van der Waals surface area contributed by atoms with Crippen molar-refractivity contribution in [1.29, 1.82) is 0 Å². The number of nitrogens with one attached hydrogen (secondary N) is 1. The zero-order chi connectivity index (χ0) is 17.2. The van der Waals surface area contributed by atoms with Crippen molar-refractivity contribution >= 4 is 34.5 Å². The third-order valence-corrected chi connectivity index (χ3v) is 4.92. The number of hydrogen-bond acceptors (Lipinski definition) is 4. The lowest BCUT2D eigenvalue weighted by Gasteiger charge is -2.29. The molecule has 2 aromatic carbocycles. The van der Waals surface area contributed by atoms with Gasteiger partial charge in [-0.2, -0.15) is 0 Å². The molecule has 124 valence electrons. The molecule has 0 spiro atoms. The number of hydrogen-bond donors (Lipinski definition) is 1. The normalized spacial score (nSPS) is 13.3. The summed E-state index contributed by atoms with van der Waals surface area (Å²) in [5, 5.41) is 5.58. The Hall–Kier alpha value is -2.99. The van der Waals surface area contributed by atoms with Crippen molar-refractivity contribution in [3.63, 3.8) is 0 Å². The number of carbonyl (C=O) groups is 2. The third-order valence-electron chi connectivity index (χ3n) is 3.98. The molecule has 1 aromatic heterocycles. The summed E-state index contributed by atoms with van der Waals surface area (Å²) < 4.78 is 0. The molecule has 25 heavy (non-hydrogen) atoms. The molecule has 2 amide bonds. The molecular formula is C19H15N3O2S. The number of nitrogens with zero attached hydrogens (tertiary/aromatic N) is 2. The second-order valence-electron chi connectivity index (χ2n) is 5.73. The van der Waals surface area contributed by atoms with Crippen LogP contribution in [0.5, 0.6) is 0 Å². The van der Waals surface area contributed by atoms with Crippen molar-refractivity contribution in [3.8, 4) is 10.6 Å². The van der Waals surface area contributed by atoms with Gasteiger partial charge in [-0.3, -0.25) is 9.59 Å². The predicted molar refractivity (Wildman–Crippen MR) is 98.7 cm³/mol. The first-order valence-corrected chi connectivity index (χ1v) is 8.78. The monoisotopic (exact) mass is 349 g/mol. The highest BCUT2D eigenvalue weighted by atomic mass is 32.1. The summed E-state index contributed by atoms with van der Waals surface area (Å²) in [7, 11) is 0. The number of thiazole rings is 1. The Morgan fingerprint density at radius 1 is 1.12 bits per heavy atom. The maximum absolute atomic E-state index is 12.7. The van der Waals surface area contributed by atoms with Gasteiger partial charge in [0.25, 0.3) is 0 Å². The predicted octanol–water partition coefficient (Wildman–Crippen LogP) is 3.34. The van der Waals surface area contributed by atoms with Gasteiger partial charge in [0.05, 0.1) is 23.5 Å². The smallest absolute Gasteiger partial charge is 0.244 e. The van der Waals surface area contributed by atoms with Crippen LogP contribution in [0.25, 0.3) is 10.6 Å². The number of benzene rings is 2. The number of rotatable bonds is 3. The Labute approximate surface area is 148 Å². The van der Waals surface area contributed by atoms with Gasteiger partial charge >= 0.3 is 0 Å². The molecule has 2 heterocycles. The summed E-state index contributed by atoms with van der Waals surface area (Å²) in [5.41, 5.74) is 3.15. The summed E-state index contributed by atoms with van der Waals surface area (Å²) in [5.74, 6) is -0.317. The van der Waals surface area contributed by atoms with Gasteiger partial charge in [0.1, 0.15) is 11.6 Å². The van der Waals surface area contributed by atoms with Crippen LogP contribution in [0.4, 0.5) is 11.4 Å². The molecule has 1 N–H and O–H groups in total. The average molecular weight is 349 g/mol. The Balaban J connectivity index is 1.55. The maximum atomic E-state index is 12.7. The molecule has 1 aliphatic heterocycles. The molecule has 0 saturated heterocycles. The van der Waals surface area contributed by atoms with E-state index in [1.54, 1.807) is 6.07 Å². The molecule has 0 radical (unpaired) electrons. The van der Waals surface area contributed by atoms with Gasteiger partial charge in [-0.15, -0.1) is 11.3 Å². The minimum Gasteiger partial charge on any atom is -0.323 e. The van der Waals surface area contributed by atoms with Crippen LogP contribution < -0.4 is 10.2 Å². The number of aromatic nitrogens is 1. The Bertz CT molecular complexity index is 937. The van der Waals surface area contributed by atoms with E-state index >= 15 is 0 Å². The van der Waals surface area contributed by atoms with Crippen molar-refractivity contribution in [2.45, 2.75) is 6.42 Å². The molecule has 0 bridgehead atoms. The number of fused-ring (bicyclic) bond motifs is 1. The number of amides is 2. The van der Waals surface area contributed by atoms with Crippen molar-refractivity contribution in [2.75, 3.05) is 16.8 Å². The SMILES string of the molecule is O=C1CN(C(=O)Cc2csc(-c3ccccc3)n2)c2ccccc2N1. The summed E-state index contributed by atoms with van der Waals surface area (Å²) in [4.78, 5) is 30.7. The number of anilines is 2. The fraction of sp³-hybridized carbons (Fsp3) is 0.105. The van der Waals surface area contributed by atoms with Crippen molar-refractivity contribution in [3.05, 3.63) is 65.7 Å². The van der Waals surface area contributed by atoms with Crippen LogP contribution in [0.1, 0.15) is 5.69 Å². The van der Waals surface area contributed by atoms with Crippen LogP contribution in [0.2, 0.25) is 0 Å². The Kier molecular flexibility index (Phi) is 4.03. The topological polar surface area (TPSA) is 62.3 Å². The number of para-hydroxylation sites is 2. The zero-order valence-electron chi connectivity index (χ0n) is 13.3. The molecule has 0 saturated carbocycles. The lowest BCUT2D eigenvalue weighted by molar-refractivity contribution is -0.121. The highest BCUT2D eigenvalue weighted by Crippen LogP contribution is 2.30. The molecule has 0 unspecified atom stereocenters. The minimum absolute atomic E-state index is 0.0333. The zero-order valence-corrected chi connectivity index (χ0v) is 14.1. The first kappa shape index (κ1) is 15.5. The van der Waals surface area contributed by atoms with Crippen LogP contribution >= 0.6 is 11.3 Å². The highest BCUT2D eigenvalue weighted by molar-refractivity contribution is 7.13. The number of carbonyl (C=O) groups excluding carboxylic acids is 2. The van der Waals surface area contributed by atoms with Gasteiger partial charge in [-0.1, -0.05) is 42.5 Å². The van der Waals surface area contributed by atoms with Gasteiger partial charge in [-0.05, 0) is 12.1 Å². The van der Waals surface area contributed by atoms with E-state index in [1.165, 1.54) is 16.2 Å². The van der Waals surface area contributed by atoms with Gasteiger partial charge in [0.2, 0.25) is 11.8 Å². The second kappa shape index (κ2) is 6.49. The van der Waals surface area contributed by atoms with Crippen molar-refractivity contribution in [2.24, 2.45) is 0 Å². The van der Waals surface area contributed by atoms with Crippen molar-refractivity contribution < 1.29 is 9.59 Å². The molecule has 5 nitrogen and oxygen atoms in total. The van der Waals surface area contributed by atoms with E-state index in [9.17, 15) is 9.59 Å². The fourth-order valence-electron chi connectivity index (χ4n) is 2.81. The van der Waals surface area contributed by atoms with E-state index in [2.05, 4.69) is 10.3 Å². The van der Waals surface area contributed by atoms with E-state index in [0.29, 0.717) is 5.69 Å². The van der Waals surface area contributed by atoms with Gasteiger partial charge in [0.15, 0.2) is 0 Å². The summed E-state index contributed by atoms with van der Waals surface area (Å²) in [6.07, 6.45) is 0.172. The maximum Gasteiger partial charge on any atom is 0.244 e. The van der Waals surface area contributed by atoms with E-state index in [4.69, 9.17) is 0 Å². The molecule has 4 rings (SSSR count). The average Bonchev–Trinajstić information content (AvgIpc) is 3.10. The molecular weight excluding hydrogens is 334 g/mol. The third kappa shape index (κ3) is 3.16. The Morgan fingerprint density at radius 3 is 2.72 bits per heavy atom. The largest absolute Gasteiger partial charge is 0.323 e. The standard InChI is InChI=1S/C19H15N3O2S/c23-17-11-22(16-9-5-4-8-15(16)21-17)18(24)10-14-12-25-19(20-14)13-6-2-1-3-7-13/h1-9,12H,10-11H2,(H,21,23). The van der Waals surface area contributed by atoms with Crippen LogP contribution in [0.3, 0.4) is 0 Å². The molecule has 0 fully saturated rings. The first-order chi connectivity index (χ1) is 12.2. The van der Waals surface area contributed by atoms with E-state index in [-0.39, 0.29) is 24.8 Å². The van der Waals surface area contributed by atoms with Crippen LogP contribution in [-0.4, -0.2) is 23.3 Å². The summed E-state index contributed by atoms with van der Waals surface area (Å²) >= 11 is 1.52. The van der Waals surface area contributed by atoms with Gasteiger partial charge in [0, 0.05) is 10.9 Å². The fourth-order valence-corrected chi connectivity index (χ4v) is 3.63. The molecule has 6 heteroatoms. The quantitative estimate of drug-likeness (QED) is 0.789. The highest BCUT2D eigenvalue weighted by Gasteiger charge is 2.26. The second-order valence-corrected chi connectivity index (χ2v) is 6.59. The van der Waals surface area contributed by atoms with E-state index < -0.39 is 0 Å². The lowest BCUT2D eigenvalue weighted by Crippen LogP contribution is -2.42. The van der Waals surface area contributed by atoms with Crippen LogP contribution in [0.15, 0.2) is 60.0 Å². The van der Waals surface area contributed by atoms with Crippen molar-refractivity contribution in [1.82, 2.24) is 4.98 Å². The molecule has 1 aliphatic rings. The molecule has 0 atom stereocenters. The minimum atomic E-state index is -0.185. The lowest BCUT2D eigenvalue weighted by atomic mass is 10.1. The first-order valence-electron chi connectivity index (χ1n) is 7.90.